The molecule has 0 aliphatic carbocycles. The van der Waals surface area contributed by atoms with E-state index in [1.807, 2.05) is 12.3 Å². The third-order valence-electron chi connectivity index (χ3n) is 5.50. The average molecular weight is 313 g/mol. The number of nitrogens with one attached hydrogen (secondary N) is 1. The number of aromatic nitrogens is 3. The van der Waals surface area contributed by atoms with E-state index in [1.165, 1.54) is 44.5 Å². The first-order chi connectivity index (χ1) is 11.3. The number of piperidine rings is 2. The van der Waals surface area contributed by atoms with Crippen LogP contribution in [0, 0.1) is 5.92 Å². The van der Waals surface area contributed by atoms with Crippen LogP contribution in [0.4, 0.5) is 0 Å². The summed E-state index contributed by atoms with van der Waals surface area (Å²) in [5, 5.41) is 3.47. The van der Waals surface area contributed by atoms with E-state index in [2.05, 4.69) is 32.9 Å². The fourth-order valence-corrected chi connectivity index (χ4v) is 4.13. The van der Waals surface area contributed by atoms with Crippen LogP contribution < -0.4 is 5.32 Å². The summed E-state index contributed by atoms with van der Waals surface area (Å²) in [5.74, 6) is 1.97. The van der Waals surface area contributed by atoms with E-state index < -0.39 is 0 Å². The molecule has 23 heavy (non-hydrogen) atoms. The predicted molar refractivity (Wildman–Crippen MR) is 92.3 cm³/mol. The molecular weight excluding hydrogens is 286 g/mol. The molecule has 2 aliphatic rings. The van der Waals surface area contributed by atoms with E-state index in [0.717, 1.165) is 36.7 Å². The Balaban J connectivity index is 1.71. The lowest BCUT2D eigenvalue weighted by atomic mass is 9.97. The number of pyridine rings is 1. The summed E-state index contributed by atoms with van der Waals surface area (Å²) in [4.78, 5) is 12.1. The lowest BCUT2D eigenvalue weighted by molar-refractivity contribution is 0.173. The minimum absolute atomic E-state index is 0.444. The number of imidazole rings is 1. The third-order valence-corrected chi connectivity index (χ3v) is 5.50. The highest BCUT2D eigenvalue weighted by molar-refractivity contribution is 5.71. The zero-order valence-corrected chi connectivity index (χ0v) is 14.0. The van der Waals surface area contributed by atoms with Gasteiger partial charge in [0.1, 0.15) is 11.3 Å². The van der Waals surface area contributed by atoms with Gasteiger partial charge in [-0.3, -0.25) is 4.90 Å². The van der Waals surface area contributed by atoms with Crippen LogP contribution in [0.15, 0.2) is 18.3 Å². The summed E-state index contributed by atoms with van der Waals surface area (Å²) < 4.78 is 2.43. The summed E-state index contributed by atoms with van der Waals surface area (Å²) >= 11 is 0. The molecule has 5 heteroatoms. The largest absolute Gasteiger partial charge is 0.317 e. The molecule has 2 aliphatic heterocycles. The van der Waals surface area contributed by atoms with E-state index in [1.54, 1.807) is 0 Å². The van der Waals surface area contributed by atoms with E-state index in [0.29, 0.717) is 6.04 Å². The van der Waals surface area contributed by atoms with Gasteiger partial charge in [0, 0.05) is 12.7 Å². The summed E-state index contributed by atoms with van der Waals surface area (Å²) in [5.41, 5.74) is 2.12. The third kappa shape index (κ3) is 3.00. The maximum absolute atomic E-state index is 5.00. The van der Waals surface area contributed by atoms with Crippen molar-refractivity contribution in [2.75, 3.05) is 26.7 Å². The van der Waals surface area contributed by atoms with Gasteiger partial charge in [0.05, 0.1) is 6.04 Å². The van der Waals surface area contributed by atoms with Gasteiger partial charge in [-0.15, -0.1) is 0 Å². The van der Waals surface area contributed by atoms with Crippen molar-refractivity contribution >= 4 is 11.2 Å². The Kier molecular flexibility index (Phi) is 4.31. The molecule has 5 nitrogen and oxygen atoms in total. The molecule has 0 amide bonds. The Bertz CT molecular complexity index is 658. The zero-order chi connectivity index (χ0) is 15.6. The van der Waals surface area contributed by atoms with Crippen LogP contribution >= 0.6 is 0 Å². The minimum Gasteiger partial charge on any atom is -0.317 e. The molecule has 2 aromatic heterocycles. The molecule has 1 N–H and O–H groups in total. The molecule has 124 valence electrons. The molecule has 0 aromatic carbocycles. The standard InChI is InChI=1S/C18H27N5/c1-22-12-3-2-6-16(22)18-21-15-5-4-9-20-17(15)23(18)13-14-7-10-19-11-8-14/h4-5,9,14,16,19H,2-3,6-8,10-13H2,1H3. The van der Waals surface area contributed by atoms with E-state index >= 15 is 0 Å². The lowest BCUT2D eigenvalue weighted by Crippen LogP contribution is -2.33. The topological polar surface area (TPSA) is 46.0 Å². The fourth-order valence-electron chi connectivity index (χ4n) is 4.13. The molecule has 0 saturated carbocycles. The number of hydrogen-bond donors (Lipinski definition) is 1. The molecule has 2 aromatic rings. The van der Waals surface area contributed by atoms with Crippen molar-refractivity contribution in [3.63, 3.8) is 0 Å². The average Bonchev–Trinajstić information content (AvgIpc) is 2.95. The number of hydrogen-bond acceptors (Lipinski definition) is 4. The highest BCUT2D eigenvalue weighted by Gasteiger charge is 2.28. The van der Waals surface area contributed by atoms with Gasteiger partial charge in [0.2, 0.25) is 0 Å². The predicted octanol–water partition coefficient (Wildman–Crippen LogP) is 2.59. The van der Waals surface area contributed by atoms with E-state index in [-0.39, 0.29) is 0 Å². The van der Waals surface area contributed by atoms with Crippen molar-refractivity contribution in [3.05, 3.63) is 24.2 Å². The highest BCUT2D eigenvalue weighted by Crippen LogP contribution is 2.32. The SMILES string of the molecule is CN1CCCCC1c1nc2cccnc2n1CC1CCNCC1. The van der Waals surface area contributed by atoms with Crippen LogP contribution in [0.2, 0.25) is 0 Å². The molecule has 2 fully saturated rings. The van der Waals surface area contributed by atoms with Gasteiger partial charge in [-0.25, -0.2) is 9.97 Å². The van der Waals surface area contributed by atoms with Gasteiger partial charge in [-0.1, -0.05) is 6.42 Å². The second kappa shape index (κ2) is 6.57. The van der Waals surface area contributed by atoms with Crippen molar-refractivity contribution in [1.29, 1.82) is 0 Å². The Morgan fingerprint density at radius 1 is 1.22 bits per heavy atom. The van der Waals surface area contributed by atoms with E-state index in [9.17, 15) is 0 Å². The number of nitrogens with zero attached hydrogens (tertiary/aromatic N) is 4. The van der Waals surface area contributed by atoms with Gasteiger partial charge in [0.25, 0.3) is 0 Å². The highest BCUT2D eigenvalue weighted by atomic mass is 15.2. The van der Waals surface area contributed by atoms with E-state index in [4.69, 9.17) is 4.98 Å². The zero-order valence-electron chi connectivity index (χ0n) is 14.0. The first-order valence-corrected chi connectivity index (χ1v) is 9.05. The van der Waals surface area contributed by atoms with Gasteiger partial charge >= 0.3 is 0 Å². The summed E-state index contributed by atoms with van der Waals surface area (Å²) in [6, 6.07) is 4.55. The summed E-state index contributed by atoms with van der Waals surface area (Å²) in [6.07, 6.45) is 8.24. The number of fused-ring (bicyclic) bond motifs is 1. The molecule has 1 unspecified atom stereocenters. The quantitative estimate of drug-likeness (QED) is 0.946. The first-order valence-electron chi connectivity index (χ1n) is 9.05. The minimum atomic E-state index is 0.444. The van der Waals surface area contributed by atoms with Crippen LogP contribution in [0.25, 0.3) is 11.2 Å². The van der Waals surface area contributed by atoms with Gasteiger partial charge < -0.3 is 9.88 Å². The molecule has 0 spiro atoms. The van der Waals surface area contributed by atoms with Crippen molar-refractivity contribution in [1.82, 2.24) is 24.8 Å². The maximum Gasteiger partial charge on any atom is 0.160 e. The van der Waals surface area contributed by atoms with Crippen LogP contribution in [-0.2, 0) is 6.54 Å². The lowest BCUT2D eigenvalue weighted by Gasteiger charge is -2.33. The molecule has 2 saturated heterocycles. The molecule has 4 rings (SSSR count). The van der Waals surface area contributed by atoms with Crippen molar-refractivity contribution in [2.45, 2.75) is 44.7 Å². The normalized spacial score (nSPS) is 24.3. The molecule has 1 atom stereocenters. The van der Waals surface area contributed by atoms with Gasteiger partial charge in [0.15, 0.2) is 5.65 Å². The first kappa shape index (κ1) is 15.1. The Morgan fingerprint density at radius 3 is 2.91 bits per heavy atom. The Morgan fingerprint density at radius 2 is 2.09 bits per heavy atom. The monoisotopic (exact) mass is 313 g/mol. The molecule has 4 heterocycles. The molecular formula is C18H27N5. The maximum atomic E-state index is 5.00. The van der Waals surface area contributed by atoms with Crippen LogP contribution in [0.1, 0.15) is 44.0 Å². The number of likely N-dealkylation sites (tertiary alicyclic amines) is 1. The van der Waals surface area contributed by atoms with Gasteiger partial charge in [-0.05, 0) is 70.4 Å². The molecule has 0 bridgehead atoms. The second-order valence-electron chi connectivity index (χ2n) is 7.11. The fraction of sp³-hybridized carbons (Fsp3) is 0.667. The second-order valence-corrected chi connectivity index (χ2v) is 7.11. The smallest absolute Gasteiger partial charge is 0.160 e. The van der Waals surface area contributed by atoms with Crippen molar-refractivity contribution < 1.29 is 0 Å². The summed E-state index contributed by atoms with van der Waals surface area (Å²) in [7, 11) is 2.24. The number of rotatable bonds is 3. The Labute approximate surface area is 138 Å². The van der Waals surface area contributed by atoms with Crippen molar-refractivity contribution in [3.8, 4) is 0 Å². The summed E-state index contributed by atoms with van der Waals surface area (Å²) in [6.45, 7) is 4.52. The van der Waals surface area contributed by atoms with Crippen molar-refractivity contribution in [2.24, 2.45) is 5.92 Å². The van der Waals surface area contributed by atoms with Crippen LogP contribution in [-0.4, -0.2) is 46.1 Å². The van der Waals surface area contributed by atoms with Crippen LogP contribution in [0.3, 0.4) is 0 Å². The molecule has 0 radical (unpaired) electrons. The van der Waals surface area contributed by atoms with Gasteiger partial charge in [-0.2, -0.15) is 0 Å². The Hall–Kier alpha value is -1.46. The van der Waals surface area contributed by atoms with Crippen LogP contribution in [0.5, 0.6) is 0 Å².